The van der Waals surface area contributed by atoms with Crippen molar-refractivity contribution in [2.75, 3.05) is 4.72 Å². The number of aromatic nitrogens is 3. The van der Waals surface area contributed by atoms with Crippen LogP contribution in [0, 0.1) is 12.7 Å². The molecule has 0 unspecified atom stereocenters. The topological polar surface area (TPSA) is 76.9 Å². The van der Waals surface area contributed by atoms with Gasteiger partial charge in [-0.2, -0.15) is 0 Å². The van der Waals surface area contributed by atoms with E-state index in [-0.39, 0.29) is 15.6 Å². The van der Waals surface area contributed by atoms with Crippen LogP contribution in [0.3, 0.4) is 0 Å². The standard InChI is InChI=1S/C15H12ClFN4O2S/c1-10-18-6-7-21(10)15-5-2-11(9-19-15)20-24(22,23)12-3-4-14(17)13(16)8-12/h2-9,20H,1H3. The molecular weight excluding hydrogens is 355 g/mol. The van der Waals surface area contributed by atoms with Gasteiger partial charge in [0.05, 0.1) is 21.8 Å². The molecule has 2 aromatic heterocycles. The van der Waals surface area contributed by atoms with Gasteiger partial charge in [0.15, 0.2) is 0 Å². The summed E-state index contributed by atoms with van der Waals surface area (Å²) in [4.78, 5) is 8.16. The molecule has 0 aliphatic rings. The molecule has 124 valence electrons. The Morgan fingerprint density at radius 2 is 2.00 bits per heavy atom. The van der Waals surface area contributed by atoms with Gasteiger partial charge in [0, 0.05) is 12.4 Å². The van der Waals surface area contributed by atoms with Gasteiger partial charge in [-0.25, -0.2) is 22.8 Å². The minimum absolute atomic E-state index is 0.136. The number of halogens is 2. The fourth-order valence-electron chi connectivity index (χ4n) is 2.07. The molecule has 3 aromatic rings. The monoisotopic (exact) mass is 366 g/mol. The highest BCUT2D eigenvalue weighted by Gasteiger charge is 2.16. The lowest BCUT2D eigenvalue weighted by molar-refractivity contribution is 0.599. The van der Waals surface area contributed by atoms with Crippen molar-refractivity contribution in [3.63, 3.8) is 0 Å². The molecule has 0 aliphatic heterocycles. The van der Waals surface area contributed by atoms with E-state index in [1.165, 1.54) is 6.20 Å². The minimum Gasteiger partial charge on any atom is -0.288 e. The normalized spacial score (nSPS) is 11.5. The van der Waals surface area contributed by atoms with E-state index in [0.29, 0.717) is 5.82 Å². The van der Waals surface area contributed by atoms with Crippen LogP contribution in [-0.2, 0) is 10.0 Å². The lowest BCUT2D eigenvalue weighted by Gasteiger charge is -2.09. The second-order valence-corrected chi connectivity index (χ2v) is 7.02. The number of hydrogen-bond acceptors (Lipinski definition) is 4. The maximum Gasteiger partial charge on any atom is 0.261 e. The zero-order valence-electron chi connectivity index (χ0n) is 12.4. The fourth-order valence-corrected chi connectivity index (χ4v) is 3.38. The lowest BCUT2D eigenvalue weighted by atomic mass is 10.3. The molecule has 0 aliphatic carbocycles. The quantitative estimate of drug-likeness (QED) is 0.769. The van der Waals surface area contributed by atoms with Crippen molar-refractivity contribution in [3.8, 4) is 5.82 Å². The van der Waals surface area contributed by atoms with Gasteiger partial charge < -0.3 is 0 Å². The van der Waals surface area contributed by atoms with Crippen molar-refractivity contribution in [1.82, 2.24) is 14.5 Å². The third kappa shape index (κ3) is 3.24. The molecule has 0 amide bonds. The van der Waals surface area contributed by atoms with Crippen molar-refractivity contribution >= 4 is 27.3 Å². The second kappa shape index (κ2) is 6.21. The summed E-state index contributed by atoms with van der Waals surface area (Å²) in [5.74, 6) is 0.687. The van der Waals surface area contributed by atoms with Crippen LogP contribution < -0.4 is 4.72 Å². The fraction of sp³-hybridized carbons (Fsp3) is 0.0667. The molecule has 3 rings (SSSR count). The number of anilines is 1. The van der Waals surface area contributed by atoms with E-state index in [0.717, 1.165) is 24.0 Å². The van der Waals surface area contributed by atoms with Crippen LogP contribution in [0.2, 0.25) is 5.02 Å². The molecule has 0 saturated heterocycles. The summed E-state index contributed by atoms with van der Waals surface area (Å²) in [6.45, 7) is 1.83. The van der Waals surface area contributed by atoms with Crippen LogP contribution in [-0.4, -0.2) is 23.0 Å². The van der Waals surface area contributed by atoms with E-state index in [9.17, 15) is 12.8 Å². The highest BCUT2D eigenvalue weighted by Crippen LogP contribution is 2.22. The average Bonchev–Trinajstić information content (AvgIpc) is 2.96. The van der Waals surface area contributed by atoms with Crippen LogP contribution in [0.4, 0.5) is 10.1 Å². The Morgan fingerprint density at radius 1 is 1.21 bits per heavy atom. The number of sulfonamides is 1. The van der Waals surface area contributed by atoms with Gasteiger partial charge in [0.2, 0.25) is 0 Å². The van der Waals surface area contributed by atoms with Crippen molar-refractivity contribution in [2.45, 2.75) is 11.8 Å². The van der Waals surface area contributed by atoms with Crippen LogP contribution in [0.25, 0.3) is 5.82 Å². The average molecular weight is 367 g/mol. The first-order valence-corrected chi connectivity index (χ1v) is 8.67. The van der Waals surface area contributed by atoms with Gasteiger partial charge >= 0.3 is 0 Å². The van der Waals surface area contributed by atoms with E-state index in [4.69, 9.17) is 11.6 Å². The van der Waals surface area contributed by atoms with Crippen molar-refractivity contribution in [1.29, 1.82) is 0 Å². The van der Waals surface area contributed by atoms with Crippen LogP contribution in [0.15, 0.2) is 53.8 Å². The molecule has 2 heterocycles. The van der Waals surface area contributed by atoms with Gasteiger partial charge in [-0.15, -0.1) is 0 Å². The molecule has 1 N–H and O–H groups in total. The second-order valence-electron chi connectivity index (χ2n) is 4.93. The molecule has 0 spiro atoms. The first kappa shape index (κ1) is 16.4. The van der Waals surface area contributed by atoms with Gasteiger partial charge in [0.25, 0.3) is 10.0 Å². The summed E-state index contributed by atoms with van der Waals surface area (Å²) in [6, 6.07) is 6.42. The van der Waals surface area contributed by atoms with Crippen LogP contribution in [0.1, 0.15) is 5.82 Å². The molecule has 0 fully saturated rings. The Bertz CT molecular complexity index is 987. The minimum atomic E-state index is -3.89. The van der Waals surface area contributed by atoms with Crippen LogP contribution in [0.5, 0.6) is 0 Å². The summed E-state index contributed by atoms with van der Waals surface area (Å²) in [6.07, 6.45) is 4.78. The van der Waals surface area contributed by atoms with Gasteiger partial charge in [-0.1, -0.05) is 11.6 Å². The summed E-state index contributed by atoms with van der Waals surface area (Å²) in [5, 5.41) is -0.262. The molecule has 24 heavy (non-hydrogen) atoms. The van der Waals surface area contributed by atoms with Crippen molar-refractivity contribution in [2.24, 2.45) is 0 Å². The smallest absolute Gasteiger partial charge is 0.261 e. The molecule has 0 radical (unpaired) electrons. The number of imidazole rings is 1. The Morgan fingerprint density at radius 3 is 2.58 bits per heavy atom. The van der Waals surface area contributed by atoms with Gasteiger partial charge in [-0.3, -0.25) is 9.29 Å². The Labute approximate surface area is 143 Å². The maximum absolute atomic E-state index is 13.2. The van der Waals surface area contributed by atoms with Crippen LogP contribution >= 0.6 is 11.6 Å². The van der Waals surface area contributed by atoms with E-state index >= 15 is 0 Å². The number of benzene rings is 1. The molecule has 1 aromatic carbocycles. The molecule has 0 saturated carbocycles. The summed E-state index contributed by atoms with van der Waals surface area (Å²) in [7, 11) is -3.89. The Hall–Kier alpha value is -2.45. The number of hydrogen-bond donors (Lipinski definition) is 1. The Kier molecular flexibility index (Phi) is 4.25. The summed E-state index contributed by atoms with van der Waals surface area (Å²) in [5.41, 5.74) is 0.275. The Balaban J connectivity index is 1.85. The highest BCUT2D eigenvalue weighted by molar-refractivity contribution is 7.92. The number of nitrogens with one attached hydrogen (secondary N) is 1. The zero-order chi connectivity index (χ0) is 17.3. The third-order valence-electron chi connectivity index (χ3n) is 3.27. The maximum atomic E-state index is 13.2. The van der Waals surface area contributed by atoms with Crippen molar-refractivity contribution in [3.05, 3.63) is 65.6 Å². The number of nitrogens with zero attached hydrogens (tertiary/aromatic N) is 3. The number of aryl methyl sites for hydroxylation is 1. The van der Waals surface area contributed by atoms with Gasteiger partial charge in [0.1, 0.15) is 17.5 Å². The highest BCUT2D eigenvalue weighted by atomic mass is 35.5. The SMILES string of the molecule is Cc1nccn1-c1ccc(NS(=O)(=O)c2ccc(F)c(Cl)c2)cn1. The lowest BCUT2D eigenvalue weighted by Crippen LogP contribution is -2.13. The largest absolute Gasteiger partial charge is 0.288 e. The van der Waals surface area contributed by atoms with E-state index in [1.807, 2.05) is 6.92 Å². The van der Waals surface area contributed by atoms with Crippen molar-refractivity contribution < 1.29 is 12.8 Å². The summed E-state index contributed by atoms with van der Waals surface area (Å²) < 4.78 is 41.9. The molecule has 0 bridgehead atoms. The first-order valence-electron chi connectivity index (χ1n) is 6.81. The molecule has 0 atom stereocenters. The van der Waals surface area contributed by atoms with E-state index < -0.39 is 15.8 Å². The van der Waals surface area contributed by atoms with E-state index in [2.05, 4.69) is 14.7 Å². The first-order chi connectivity index (χ1) is 11.4. The molecule has 9 heteroatoms. The number of pyridine rings is 1. The molecule has 6 nitrogen and oxygen atoms in total. The predicted molar refractivity (Wildman–Crippen MR) is 88.3 cm³/mol. The summed E-state index contributed by atoms with van der Waals surface area (Å²) >= 11 is 5.63. The van der Waals surface area contributed by atoms with E-state index in [1.54, 1.807) is 29.1 Å². The zero-order valence-corrected chi connectivity index (χ0v) is 14.0. The predicted octanol–water partition coefficient (Wildman–Crippen LogP) is 3.17. The number of rotatable bonds is 4. The third-order valence-corrected chi connectivity index (χ3v) is 4.94. The van der Waals surface area contributed by atoms with Gasteiger partial charge in [-0.05, 0) is 37.3 Å². The molecular formula is C15H12ClFN4O2S.